The van der Waals surface area contributed by atoms with E-state index in [9.17, 15) is 4.79 Å². The van der Waals surface area contributed by atoms with Gasteiger partial charge in [0.05, 0.1) is 12.7 Å². The molecule has 118 valence electrons. The van der Waals surface area contributed by atoms with Crippen molar-refractivity contribution < 1.29 is 9.53 Å². The van der Waals surface area contributed by atoms with Crippen molar-refractivity contribution in [2.75, 3.05) is 39.8 Å². The van der Waals surface area contributed by atoms with Crippen LogP contribution in [0.15, 0.2) is 12.2 Å². The molecule has 3 aliphatic rings. The van der Waals surface area contributed by atoms with Crippen LogP contribution in [0.25, 0.3) is 0 Å². The number of likely N-dealkylation sites (N-methyl/N-ethyl adjacent to an activating group) is 1. The number of carbonyl (C=O) groups is 1. The second kappa shape index (κ2) is 6.93. The Bertz CT molecular complexity index is 392. The van der Waals surface area contributed by atoms with E-state index in [4.69, 9.17) is 4.74 Å². The minimum atomic E-state index is 0.186. The molecule has 0 spiro atoms. The quantitative estimate of drug-likeness (QED) is 0.701. The lowest BCUT2D eigenvalue weighted by Gasteiger charge is -2.35. The van der Waals surface area contributed by atoms with Crippen molar-refractivity contribution in [3.63, 3.8) is 0 Å². The third-order valence-electron chi connectivity index (χ3n) is 4.82. The summed E-state index contributed by atoms with van der Waals surface area (Å²) in [6.07, 6.45) is 10.3. The smallest absolute Gasteiger partial charge is 0.223 e. The van der Waals surface area contributed by atoms with Crippen LogP contribution in [0, 0.1) is 11.8 Å². The lowest BCUT2D eigenvalue weighted by atomic mass is 10.0. The highest BCUT2D eigenvalue weighted by molar-refractivity contribution is 5.76. The first-order chi connectivity index (χ1) is 10.2. The van der Waals surface area contributed by atoms with E-state index in [0.717, 1.165) is 38.4 Å². The van der Waals surface area contributed by atoms with Crippen molar-refractivity contribution in [3.05, 3.63) is 12.2 Å². The second-order valence-corrected chi connectivity index (χ2v) is 6.97. The van der Waals surface area contributed by atoms with Crippen LogP contribution in [0.2, 0.25) is 0 Å². The van der Waals surface area contributed by atoms with Crippen LogP contribution < -0.4 is 0 Å². The number of carbonyl (C=O) groups excluding carboxylic acids is 1. The van der Waals surface area contributed by atoms with Crippen molar-refractivity contribution in [2.24, 2.45) is 11.8 Å². The highest BCUT2D eigenvalue weighted by atomic mass is 16.5. The molecule has 0 unspecified atom stereocenters. The van der Waals surface area contributed by atoms with Gasteiger partial charge >= 0.3 is 0 Å². The molecule has 4 nitrogen and oxygen atoms in total. The van der Waals surface area contributed by atoms with E-state index in [-0.39, 0.29) is 6.10 Å². The summed E-state index contributed by atoms with van der Waals surface area (Å²) in [5.41, 5.74) is 0. The zero-order valence-electron chi connectivity index (χ0n) is 13.2. The maximum atomic E-state index is 12.4. The molecule has 0 N–H and O–H groups in total. The lowest BCUT2D eigenvalue weighted by Crippen LogP contribution is -2.49. The van der Waals surface area contributed by atoms with E-state index < -0.39 is 0 Å². The minimum Gasteiger partial charge on any atom is -0.373 e. The molecule has 1 amide bonds. The van der Waals surface area contributed by atoms with Crippen molar-refractivity contribution >= 4 is 5.91 Å². The Morgan fingerprint density at radius 2 is 2.19 bits per heavy atom. The number of ether oxygens (including phenoxy) is 1. The van der Waals surface area contributed by atoms with E-state index >= 15 is 0 Å². The Hall–Kier alpha value is -0.870. The molecule has 1 heterocycles. The number of rotatable bonds is 6. The molecule has 3 rings (SSSR count). The summed E-state index contributed by atoms with van der Waals surface area (Å²) in [5, 5.41) is 0. The van der Waals surface area contributed by atoms with Gasteiger partial charge < -0.3 is 14.5 Å². The van der Waals surface area contributed by atoms with Gasteiger partial charge in [-0.1, -0.05) is 12.2 Å². The van der Waals surface area contributed by atoms with Crippen LogP contribution in [0.3, 0.4) is 0 Å². The summed E-state index contributed by atoms with van der Waals surface area (Å²) in [6, 6.07) is 0. The van der Waals surface area contributed by atoms with E-state index in [1.54, 1.807) is 0 Å². The zero-order valence-corrected chi connectivity index (χ0v) is 13.2. The number of nitrogens with zero attached hydrogens (tertiary/aromatic N) is 2. The first kappa shape index (κ1) is 15.0. The first-order valence-electron chi connectivity index (χ1n) is 8.45. The molecule has 2 fully saturated rings. The van der Waals surface area contributed by atoms with Gasteiger partial charge in [0.15, 0.2) is 0 Å². The Kier molecular flexibility index (Phi) is 4.96. The fraction of sp³-hybridized carbons (Fsp3) is 0.824. The highest BCUT2D eigenvalue weighted by Gasteiger charge is 2.28. The summed E-state index contributed by atoms with van der Waals surface area (Å²) < 4.78 is 5.85. The molecule has 0 bridgehead atoms. The average molecular weight is 292 g/mol. The van der Waals surface area contributed by atoms with E-state index in [1.807, 2.05) is 4.90 Å². The Balaban J connectivity index is 1.43. The normalized spacial score (nSPS) is 29.3. The average Bonchev–Trinajstić information content (AvgIpc) is 3.12. The van der Waals surface area contributed by atoms with Gasteiger partial charge in [-0.2, -0.15) is 0 Å². The molecule has 4 heteroatoms. The number of hydrogen-bond donors (Lipinski definition) is 0. The monoisotopic (exact) mass is 292 g/mol. The number of morpholine rings is 1. The summed E-state index contributed by atoms with van der Waals surface area (Å²) in [4.78, 5) is 16.8. The summed E-state index contributed by atoms with van der Waals surface area (Å²) in [5.74, 6) is 1.69. The summed E-state index contributed by atoms with van der Waals surface area (Å²) >= 11 is 0. The fourth-order valence-electron chi connectivity index (χ4n) is 3.44. The number of allylic oxidation sites excluding steroid dienone is 2. The fourth-order valence-corrected chi connectivity index (χ4v) is 3.44. The van der Waals surface area contributed by atoms with Crippen LogP contribution in [0.1, 0.15) is 32.1 Å². The molecule has 0 aromatic rings. The molecular weight excluding hydrogens is 264 g/mol. The van der Waals surface area contributed by atoms with Gasteiger partial charge in [0, 0.05) is 32.6 Å². The van der Waals surface area contributed by atoms with Crippen molar-refractivity contribution in [1.29, 1.82) is 0 Å². The Morgan fingerprint density at radius 1 is 1.33 bits per heavy atom. The predicted octanol–water partition coefficient (Wildman–Crippen LogP) is 1.91. The molecule has 2 atom stereocenters. The molecule has 0 radical (unpaired) electrons. The van der Waals surface area contributed by atoms with Gasteiger partial charge in [-0.05, 0) is 44.6 Å². The third kappa shape index (κ3) is 4.55. The molecule has 1 saturated heterocycles. The standard InChI is InChI=1S/C17H28N2O2/c1-18(11-15-6-7-15)12-16-13-19(8-9-21-16)17(20)10-14-4-2-3-5-14/h2,4,14-16H,3,5-13H2,1H3/t14-,16+/m1/s1. The van der Waals surface area contributed by atoms with E-state index in [0.29, 0.717) is 24.9 Å². The Morgan fingerprint density at radius 3 is 2.90 bits per heavy atom. The highest BCUT2D eigenvalue weighted by Crippen LogP contribution is 2.29. The lowest BCUT2D eigenvalue weighted by molar-refractivity contribution is -0.140. The van der Waals surface area contributed by atoms with E-state index in [1.165, 1.54) is 19.4 Å². The Labute approximate surface area is 128 Å². The van der Waals surface area contributed by atoms with Crippen LogP contribution in [-0.4, -0.2) is 61.6 Å². The van der Waals surface area contributed by atoms with Gasteiger partial charge in [0.1, 0.15) is 0 Å². The van der Waals surface area contributed by atoms with Gasteiger partial charge in [0.2, 0.25) is 5.91 Å². The largest absolute Gasteiger partial charge is 0.373 e. The molecule has 21 heavy (non-hydrogen) atoms. The predicted molar refractivity (Wildman–Crippen MR) is 83.0 cm³/mol. The van der Waals surface area contributed by atoms with Gasteiger partial charge in [-0.15, -0.1) is 0 Å². The molecule has 1 aliphatic heterocycles. The zero-order chi connectivity index (χ0) is 14.7. The van der Waals surface area contributed by atoms with Crippen LogP contribution in [0.4, 0.5) is 0 Å². The van der Waals surface area contributed by atoms with Gasteiger partial charge in [-0.3, -0.25) is 4.79 Å². The van der Waals surface area contributed by atoms with E-state index in [2.05, 4.69) is 24.1 Å². The van der Waals surface area contributed by atoms with Crippen molar-refractivity contribution in [1.82, 2.24) is 9.80 Å². The molecule has 0 aromatic heterocycles. The van der Waals surface area contributed by atoms with Crippen LogP contribution in [0.5, 0.6) is 0 Å². The van der Waals surface area contributed by atoms with Gasteiger partial charge in [-0.25, -0.2) is 0 Å². The van der Waals surface area contributed by atoms with Crippen LogP contribution >= 0.6 is 0 Å². The topological polar surface area (TPSA) is 32.8 Å². The number of amides is 1. The summed E-state index contributed by atoms with van der Waals surface area (Å²) in [7, 11) is 2.17. The molecular formula is C17H28N2O2. The number of hydrogen-bond acceptors (Lipinski definition) is 3. The SMILES string of the molecule is CN(CC1CC1)C[C@H]1CN(C(=O)C[C@@H]2C=CCC2)CCO1. The molecule has 0 aromatic carbocycles. The molecule has 2 aliphatic carbocycles. The molecule has 1 saturated carbocycles. The minimum absolute atomic E-state index is 0.186. The first-order valence-corrected chi connectivity index (χ1v) is 8.45. The third-order valence-corrected chi connectivity index (χ3v) is 4.82. The van der Waals surface area contributed by atoms with Gasteiger partial charge in [0.25, 0.3) is 0 Å². The maximum Gasteiger partial charge on any atom is 0.223 e. The van der Waals surface area contributed by atoms with Crippen LogP contribution in [-0.2, 0) is 9.53 Å². The van der Waals surface area contributed by atoms with Crippen molar-refractivity contribution in [3.8, 4) is 0 Å². The van der Waals surface area contributed by atoms with Crippen molar-refractivity contribution in [2.45, 2.75) is 38.2 Å². The summed E-state index contributed by atoms with van der Waals surface area (Å²) in [6.45, 7) is 4.35. The second-order valence-electron chi connectivity index (χ2n) is 6.97. The maximum absolute atomic E-state index is 12.4.